The summed E-state index contributed by atoms with van der Waals surface area (Å²) in [5.41, 5.74) is 2.47. The zero-order valence-corrected chi connectivity index (χ0v) is 12.4. The van der Waals surface area contributed by atoms with Crippen LogP contribution in [0.1, 0.15) is 34.6 Å². The normalized spacial score (nSPS) is 16.7. The van der Waals surface area contributed by atoms with Gasteiger partial charge in [-0.2, -0.15) is 0 Å². The Bertz CT molecular complexity index is 696. The van der Waals surface area contributed by atoms with Gasteiger partial charge in [0.1, 0.15) is 5.78 Å². The molecule has 0 bridgehead atoms. The smallest absolute Gasteiger partial charge is 0.257 e. The molecule has 112 valence electrons. The van der Waals surface area contributed by atoms with Crippen LogP contribution in [0.5, 0.6) is 0 Å². The Morgan fingerprint density at radius 3 is 2.50 bits per heavy atom. The van der Waals surface area contributed by atoms with Crippen LogP contribution < -0.4 is 0 Å². The Morgan fingerprint density at radius 2 is 1.77 bits per heavy atom. The van der Waals surface area contributed by atoms with Crippen LogP contribution >= 0.6 is 0 Å². The van der Waals surface area contributed by atoms with Crippen LogP contribution in [-0.4, -0.2) is 23.1 Å². The molecule has 1 atom stereocenters. The van der Waals surface area contributed by atoms with Crippen molar-refractivity contribution in [3.63, 3.8) is 0 Å². The van der Waals surface area contributed by atoms with Crippen molar-refractivity contribution < 1.29 is 14.3 Å². The second-order valence-corrected chi connectivity index (χ2v) is 5.37. The van der Waals surface area contributed by atoms with E-state index in [1.54, 1.807) is 6.07 Å². The van der Waals surface area contributed by atoms with Crippen molar-refractivity contribution >= 4 is 11.7 Å². The first-order valence-electron chi connectivity index (χ1n) is 7.21. The number of carbonyl (C=O) groups is 2. The number of amides is 1. The van der Waals surface area contributed by atoms with E-state index in [0.29, 0.717) is 12.2 Å². The molecule has 4 heteroatoms. The topological polar surface area (TPSA) is 46.6 Å². The molecule has 0 saturated carbocycles. The number of carbonyl (C=O) groups excluding carboxylic acids is 2. The fraction of sp³-hybridized carbons (Fsp3) is 0.222. The number of nitrogens with zero attached hydrogens (tertiary/aromatic N) is 1. The van der Waals surface area contributed by atoms with Crippen LogP contribution in [0.15, 0.2) is 54.6 Å². The number of fused-ring (bicyclic) bond motifs is 1. The standard InChI is InChI=1S/C18H17NO3/c1-13(20)11-19-17(21)15-9-5-6-10-16(15)18(19)22-12-14-7-3-2-4-8-14/h2-10,18H,11-12H2,1H3. The highest BCUT2D eigenvalue weighted by atomic mass is 16.5. The van der Waals surface area contributed by atoms with E-state index in [9.17, 15) is 9.59 Å². The summed E-state index contributed by atoms with van der Waals surface area (Å²) < 4.78 is 5.95. The highest BCUT2D eigenvalue weighted by molar-refractivity contribution is 6.00. The first-order valence-corrected chi connectivity index (χ1v) is 7.21. The number of ether oxygens (including phenoxy) is 1. The molecular weight excluding hydrogens is 278 g/mol. The third-order valence-electron chi connectivity index (χ3n) is 3.64. The van der Waals surface area contributed by atoms with E-state index in [4.69, 9.17) is 4.74 Å². The van der Waals surface area contributed by atoms with E-state index in [-0.39, 0.29) is 18.2 Å². The number of hydrogen-bond donors (Lipinski definition) is 0. The molecule has 1 unspecified atom stereocenters. The van der Waals surface area contributed by atoms with Crippen molar-refractivity contribution in [1.29, 1.82) is 0 Å². The first-order chi connectivity index (χ1) is 10.7. The molecule has 1 aliphatic heterocycles. The van der Waals surface area contributed by atoms with Crippen molar-refractivity contribution in [2.24, 2.45) is 0 Å². The summed E-state index contributed by atoms with van der Waals surface area (Å²) in [6, 6.07) is 17.1. The maximum Gasteiger partial charge on any atom is 0.257 e. The quantitative estimate of drug-likeness (QED) is 0.852. The van der Waals surface area contributed by atoms with Crippen molar-refractivity contribution in [3.8, 4) is 0 Å². The van der Waals surface area contributed by atoms with Crippen LogP contribution in [0.2, 0.25) is 0 Å². The third-order valence-corrected chi connectivity index (χ3v) is 3.64. The van der Waals surface area contributed by atoms with Gasteiger partial charge in [0.2, 0.25) is 0 Å². The zero-order chi connectivity index (χ0) is 15.5. The molecule has 1 aliphatic rings. The summed E-state index contributed by atoms with van der Waals surface area (Å²) in [7, 11) is 0. The molecule has 0 N–H and O–H groups in total. The van der Waals surface area contributed by atoms with E-state index in [1.165, 1.54) is 11.8 Å². The number of rotatable bonds is 5. The highest BCUT2D eigenvalue weighted by Gasteiger charge is 2.37. The van der Waals surface area contributed by atoms with Gasteiger partial charge < -0.3 is 9.64 Å². The fourth-order valence-electron chi connectivity index (χ4n) is 2.66. The Kier molecular flexibility index (Phi) is 4.02. The lowest BCUT2D eigenvalue weighted by Gasteiger charge is -2.24. The first kappa shape index (κ1) is 14.5. The number of Topliss-reactive ketones (excluding diaryl/α,β-unsaturated/α-hetero) is 1. The minimum absolute atomic E-state index is 0.0607. The predicted molar refractivity (Wildman–Crippen MR) is 82.1 cm³/mol. The Hall–Kier alpha value is -2.46. The maximum atomic E-state index is 12.4. The average Bonchev–Trinajstić information content (AvgIpc) is 2.79. The van der Waals surface area contributed by atoms with Gasteiger partial charge in [-0.1, -0.05) is 48.5 Å². The van der Waals surface area contributed by atoms with Gasteiger partial charge >= 0.3 is 0 Å². The molecule has 0 radical (unpaired) electrons. The molecule has 0 aliphatic carbocycles. The molecule has 1 amide bonds. The van der Waals surface area contributed by atoms with Crippen molar-refractivity contribution in [2.45, 2.75) is 19.8 Å². The summed E-state index contributed by atoms with van der Waals surface area (Å²) in [5.74, 6) is -0.210. The molecule has 2 aromatic rings. The van der Waals surface area contributed by atoms with Crippen LogP contribution in [-0.2, 0) is 16.1 Å². The van der Waals surface area contributed by atoms with E-state index < -0.39 is 6.23 Å². The van der Waals surface area contributed by atoms with Gasteiger partial charge in [0, 0.05) is 11.1 Å². The highest BCUT2D eigenvalue weighted by Crippen LogP contribution is 2.34. The predicted octanol–water partition coefficient (Wildman–Crippen LogP) is 2.95. The van der Waals surface area contributed by atoms with Crippen molar-refractivity contribution in [2.75, 3.05) is 6.54 Å². The van der Waals surface area contributed by atoms with Gasteiger partial charge in [-0.05, 0) is 18.6 Å². The summed E-state index contributed by atoms with van der Waals surface area (Å²) in [4.78, 5) is 25.4. The Morgan fingerprint density at radius 1 is 1.09 bits per heavy atom. The lowest BCUT2D eigenvalue weighted by Crippen LogP contribution is -2.33. The SMILES string of the molecule is CC(=O)CN1C(=O)c2ccccc2C1OCc1ccccc1. The van der Waals surface area contributed by atoms with Gasteiger partial charge in [0.15, 0.2) is 6.23 Å². The van der Waals surface area contributed by atoms with Gasteiger partial charge in [-0.3, -0.25) is 9.59 Å². The lowest BCUT2D eigenvalue weighted by molar-refractivity contribution is -0.121. The van der Waals surface area contributed by atoms with Crippen LogP contribution in [0, 0.1) is 0 Å². The summed E-state index contributed by atoms with van der Waals surface area (Å²) in [6.45, 7) is 1.93. The van der Waals surface area contributed by atoms with E-state index in [0.717, 1.165) is 11.1 Å². The minimum Gasteiger partial charge on any atom is -0.349 e. The number of hydrogen-bond acceptors (Lipinski definition) is 3. The molecule has 4 nitrogen and oxygen atoms in total. The summed E-state index contributed by atoms with van der Waals surface area (Å²) in [5, 5.41) is 0. The summed E-state index contributed by atoms with van der Waals surface area (Å²) >= 11 is 0. The molecule has 3 rings (SSSR count). The van der Waals surface area contributed by atoms with Crippen molar-refractivity contribution in [3.05, 3.63) is 71.3 Å². The van der Waals surface area contributed by atoms with Gasteiger partial charge in [0.05, 0.1) is 13.2 Å². The molecule has 0 spiro atoms. The second kappa shape index (κ2) is 6.12. The molecule has 2 aromatic carbocycles. The van der Waals surface area contributed by atoms with Gasteiger partial charge in [0.25, 0.3) is 5.91 Å². The monoisotopic (exact) mass is 295 g/mol. The molecule has 0 aromatic heterocycles. The number of benzene rings is 2. The minimum atomic E-state index is -0.507. The Balaban J connectivity index is 1.85. The van der Waals surface area contributed by atoms with Crippen LogP contribution in [0.25, 0.3) is 0 Å². The van der Waals surface area contributed by atoms with Crippen LogP contribution in [0.3, 0.4) is 0 Å². The van der Waals surface area contributed by atoms with Gasteiger partial charge in [-0.25, -0.2) is 0 Å². The fourth-order valence-corrected chi connectivity index (χ4v) is 2.66. The Labute approximate surface area is 129 Å². The summed E-state index contributed by atoms with van der Waals surface area (Å²) in [6.07, 6.45) is -0.507. The molecule has 22 heavy (non-hydrogen) atoms. The molecule has 1 heterocycles. The third kappa shape index (κ3) is 2.78. The largest absolute Gasteiger partial charge is 0.349 e. The zero-order valence-electron chi connectivity index (χ0n) is 12.4. The number of ketones is 1. The van der Waals surface area contributed by atoms with E-state index in [2.05, 4.69) is 0 Å². The molecule has 0 fully saturated rings. The molecule has 0 saturated heterocycles. The van der Waals surface area contributed by atoms with Crippen LogP contribution in [0.4, 0.5) is 0 Å². The van der Waals surface area contributed by atoms with E-state index >= 15 is 0 Å². The van der Waals surface area contributed by atoms with Crippen molar-refractivity contribution in [1.82, 2.24) is 4.90 Å². The maximum absolute atomic E-state index is 12.4. The average molecular weight is 295 g/mol. The lowest BCUT2D eigenvalue weighted by atomic mass is 10.1. The van der Waals surface area contributed by atoms with Gasteiger partial charge in [-0.15, -0.1) is 0 Å². The van der Waals surface area contributed by atoms with E-state index in [1.807, 2.05) is 48.5 Å². The second-order valence-electron chi connectivity index (χ2n) is 5.37. The molecular formula is C18H17NO3.